The fourth-order valence-electron chi connectivity index (χ4n) is 2.58. The maximum Gasteiger partial charge on any atom is 0.338 e. The number of unbranched alkanes of at least 4 members (excludes halogenated alkanes) is 1. The fraction of sp³-hybridized carbons (Fsp3) is 0.182. The topological polar surface area (TPSA) is 43.6 Å². The van der Waals surface area contributed by atoms with Gasteiger partial charge in [-0.15, -0.1) is 0 Å². The number of ether oxygens (including phenoxy) is 1. The second-order valence-electron chi connectivity index (χ2n) is 6.08. The number of halogens is 1. The molecule has 0 aliphatic carbocycles. The van der Waals surface area contributed by atoms with Gasteiger partial charge in [-0.25, -0.2) is 4.79 Å². The van der Waals surface area contributed by atoms with Crippen molar-refractivity contribution in [2.45, 2.75) is 19.8 Å². The highest BCUT2D eigenvalue weighted by Crippen LogP contribution is 2.18. The summed E-state index contributed by atoms with van der Waals surface area (Å²) in [5.41, 5.74) is 3.35. The van der Waals surface area contributed by atoms with Crippen LogP contribution in [-0.2, 0) is 4.74 Å². The van der Waals surface area contributed by atoms with E-state index in [0.29, 0.717) is 12.2 Å². The van der Waals surface area contributed by atoms with E-state index in [1.807, 2.05) is 54.9 Å². The van der Waals surface area contributed by atoms with Crippen LogP contribution in [0.4, 0.5) is 5.69 Å². The second-order valence-corrected chi connectivity index (χ2v) is 6.99. The molecule has 0 atom stereocenters. The summed E-state index contributed by atoms with van der Waals surface area (Å²) >= 11 is 3.50. The Balaban J connectivity index is 1.70. The summed E-state index contributed by atoms with van der Waals surface area (Å²) in [7, 11) is 0. The fourth-order valence-corrected chi connectivity index (χ4v) is 2.96. The van der Waals surface area contributed by atoms with Crippen LogP contribution in [-0.4, -0.2) is 23.4 Å². The first-order valence-electron chi connectivity index (χ1n) is 8.92. The maximum atomic E-state index is 11.9. The molecule has 1 heterocycles. The Hall–Kier alpha value is -2.66. The molecule has 0 aliphatic heterocycles. The Labute approximate surface area is 167 Å². The molecule has 0 saturated carbocycles. The largest absolute Gasteiger partial charge is 0.462 e. The van der Waals surface area contributed by atoms with E-state index < -0.39 is 0 Å². The molecule has 3 rings (SSSR count). The first-order valence-corrected chi connectivity index (χ1v) is 9.71. The lowest BCUT2D eigenvalue weighted by Gasteiger charge is -2.06. The van der Waals surface area contributed by atoms with Crippen LogP contribution in [0.25, 0.3) is 5.69 Å². The van der Waals surface area contributed by atoms with Gasteiger partial charge in [-0.2, -0.15) is 0 Å². The molecule has 0 saturated heterocycles. The van der Waals surface area contributed by atoms with E-state index in [9.17, 15) is 4.79 Å². The summed E-state index contributed by atoms with van der Waals surface area (Å²) in [5, 5.41) is 0. The third kappa shape index (κ3) is 5.17. The van der Waals surface area contributed by atoms with Crippen molar-refractivity contribution in [1.29, 1.82) is 0 Å². The number of hydrogen-bond donors (Lipinski definition) is 0. The van der Waals surface area contributed by atoms with Crippen LogP contribution in [0.15, 0.2) is 76.3 Å². The number of benzene rings is 2. The van der Waals surface area contributed by atoms with E-state index in [1.165, 1.54) is 0 Å². The van der Waals surface area contributed by atoms with Crippen molar-refractivity contribution in [2.24, 2.45) is 4.99 Å². The normalized spacial score (nSPS) is 11.0. The maximum absolute atomic E-state index is 11.9. The van der Waals surface area contributed by atoms with Crippen LogP contribution >= 0.6 is 15.9 Å². The first-order chi connectivity index (χ1) is 13.2. The quantitative estimate of drug-likeness (QED) is 0.267. The van der Waals surface area contributed by atoms with Gasteiger partial charge in [-0.05, 0) is 61.0 Å². The lowest BCUT2D eigenvalue weighted by Crippen LogP contribution is -2.05. The van der Waals surface area contributed by atoms with Crippen molar-refractivity contribution >= 4 is 33.8 Å². The van der Waals surface area contributed by atoms with Crippen LogP contribution in [0.2, 0.25) is 0 Å². The first kappa shape index (κ1) is 19.1. The van der Waals surface area contributed by atoms with Gasteiger partial charge in [-0.3, -0.25) is 4.99 Å². The van der Waals surface area contributed by atoms with Gasteiger partial charge >= 0.3 is 5.97 Å². The van der Waals surface area contributed by atoms with Gasteiger partial charge in [0.05, 0.1) is 29.8 Å². The smallest absolute Gasteiger partial charge is 0.338 e. The molecule has 4 nitrogen and oxygen atoms in total. The van der Waals surface area contributed by atoms with Crippen molar-refractivity contribution in [3.63, 3.8) is 0 Å². The van der Waals surface area contributed by atoms with Crippen molar-refractivity contribution in [2.75, 3.05) is 6.61 Å². The third-order valence-electron chi connectivity index (χ3n) is 4.05. The van der Waals surface area contributed by atoms with Gasteiger partial charge in [0.2, 0.25) is 0 Å². The molecule has 0 N–H and O–H groups in total. The number of nitrogens with zero attached hydrogens (tertiary/aromatic N) is 2. The molecule has 0 amide bonds. The zero-order valence-corrected chi connectivity index (χ0v) is 16.7. The highest BCUT2D eigenvalue weighted by atomic mass is 79.9. The lowest BCUT2D eigenvalue weighted by molar-refractivity contribution is 0.0500. The number of carbonyl (C=O) groups excluding carboxylic acids is 1. The molecule has 138 valence electrons. The second kappa shape index (κ2) is 9.33. The standard InChI is InChI=1S/C22H21BrN2O2/c1-2-3-14-27-22(26)17-9-11-19(12-10-17)24-16-21-8-5-13-25(21)20-7-4-6-18(23)15-20/h4-13,15-16H,2-3,14H2,1H3. The van der Waals surface area contributed by atoms with Crippen molar-refractivity contribution in [3.8, 4) is 5.69 Å². The molecular formula is C22H21BrN2O2. The molecular weight excluding hydrogens is 404 g/mol. The van der Waals surface area contributed by atoms with Crippen LogP contribution in [0.5, 0.6) is 0 Å². The van der Waals surface area contributed by atoms with E-state index in [-0.39, 0.29) is 5.97 Å². The average Bonchev–Trinajstić information content (AvgIpc) is 3.15. The van der Waals surface area contributed by atoms with Crippen molar-refractivity contribution in [1.82, 2.24) is 4.57 Å². The molecule has 0 radical (unpaired) electrons. The van der Waals surface area contributed by atoms with Crippen LogP contribution in [0.1, 0.15) is 35.8 Å². The monoisotopic (exact) mass is 424 g/mol. The minimum absolute atomic E-state index is 0.289. The van der Waals surface area contributed by atoms with Crippen LogP contribution < -0.4 is 0 Å². The molecule has 0 fully saturated rings. The summed E-state index contributed by atoms with van der Waals surface area (Å²) in [6.45, 7) is 2.52. The Kier molecular flexibility index (Phi) is 6.60. The Bertz CT molecular complexity index is 929. The van der Waals surface area contributed by atoms with Crippen molar-refractivity contribution in [3.05, 3.63) is 82.6 Å². The van der Waals surface area contributed by atoms with Gasteiger partial charge in [0.1, 0.15) is 0 Å². The Morgan fingerprint density at radius 2 is 1.96 bits per heavy atom. The third-order valence-corrected chi connectivity index (χ3v) is 4.54. The molecule has 0 aliphatic rings. The predicted molar refractivity (Wildman–Crippen MR) is 112 cm³/mol. The lowest BCUT2D eigenvalue weighted by atomic mass is 10.2. The van der Waals surface area contributed by atoms with Crippen molar-refractivity contribution < 1.29 is 9.53 Å². The number of carbonyl (C=O) groups is 1. The molecule has 0 unspecified atom stereocenters. The number of hydrogen-bond acceptors (Lipinski definition) is 3. The number of esters is 1. The Morgan fingerprint density at radius 1 is 1.15 bits per heavy atom. The van der Waals surface area contributed by atoms with Gasteiger partial charge in [0.15, 0.2) is 0 Å². The Morgan fingerprint density at radius 3 is 2.70 bits per heavy atom. The van der Waals surface area contributed by atoms with Crippen LogP contribution in [0, 0.1) is 0 Å². The highest BCUT2D eigenvalue weighted by Gasteiger charge is 2.06. The summed E-state index contributed by atoms with van der Waals surface area (Å²) in [5.74, 6) is -0.289. The summed E-state index contributed by atoms with van der Waals surface area (Å²) in [6.07, 6.45) is 5.70. The van der Waals surface area contributed by atoms with Gasteiger partial charge in [-0.1, -0.05) is 35.3 Å². The van der Waals surface area contributed by atoms with E-state index in [4.69, 9.17) is 4.74 Å². The zero-order chi connectivity index (χ0) is 19.1. The van der Waals surface area contributed by atoms with E-state index >= 15 is 0 Å². The molecule has 5 heteroatoms. The van der Waals surface area contributed by atoms with E-state index in [0.717, 1.165) is 34.4 Å². The summed E-state index contributed by atoms with van der Waals surface area (Å²) in [6, 6.07) is 19.2. The van der Waals surface area contributed by atoms with E-state index in [1.54, 1.807) is 12.1 Å². The summed E-state index contributed by atoms with van der Waals surface area (Å²) < 4.78 is 8.31. The highest BCUT2D eigenvalue weighted by molar-refractivity contribution is 9.10. The van der Waals surface area contributed by atoms with Gasteiger partial charge < -0.3 is 9.30 Å². The zero-order valence-electron chi connectivity index (χ0n) is 15.1. The van der Waals surface area contributed by atoms with Gasteiger partial charge in [0, 0.05) is 16.4 Å². The number of aliphatic imine (C=N–C) groups is 1. The molecule has 0 spiro atoms. The molecule has 27 heavy (non-hydrogen) atoms. The predicted octanol–water partition coefficient (Wildman–Crippen LogP) is 5.95. The molecule has 1 aromatic heterocycles. The van der Waals surface area contributed by atoms with Crippen LogP contribution in [0.3, 0.4) is 0 Å². The molecule has 0 bridgehead atoms. The molecule has 2 aromatic carbocycles. The number of aromatic nitrogens is 1. The van der Waals surface area contributed by atoms with E-state index in [2.05, 4.69) is 38.5 Å². The molecule has 3 aromatic rings. The summed E-state index contributed by atoms with van der Waals surface area (Å²) in [4.78, 5) is 16.5. The van der Waals surface area contributed by atoms with Gasteiger partial charge in [0.25, 0.3) is 0 Å². The average molecular weight is 425 g/mol. The SMILES string of the molecule is CCCCOC(=O)c1ccc(N=Cc2cccn2-c2cccc(Br)c2)cc1. The minimum atomic E-state index is -0.289. The minimum Gasteiger partial charge on any atom is -0.462 e. The number of rotatable bonds is 7.